The number of nitrogens with zero attached hydrogens (tertiary/aromatic N) is 3. The third-order valence-electron chi connectivity index (χ3n) is 4.33. The molecule has 28 heavy (non-hydrogen) atoms. The van der Waals surface area contributed by atoms with Crippen molar-refractivity contribution in [2.75, 3.05) is 6.61 Å². The van der Waals surface area contributed by atoms with Crippen LogP contribution in [0, 0.1) is 0 Å². The summed E-state index contributed by atoms with van der Waals surface area (Å²) in [5, 5.41) is 4.35. The number of fused-ring (bicyclic) bond motifs is 2. The van der Waals surface area contributed by atoms with E-state index in [4.69, 9.17) is 9.47 Å². The van der Waals surface area contributed by atoms with Crippen LogP contribution in [-0.4, -0.2) is 21.2 Å². The number of ether oxygens (including phenoxy) is 2. The van der Waals surface area contributed by atoms with E-state index in [0.29, 0.717) is 33.4 Å². The fourth-order valence-corrected chi connectivity index (χ4v) is 3.82. The van der Waals surface area contributed by atoms with Gasteiger partial charge in [-0.3, -0.25) is 4.79 Å². The summed E-state index contributed by atoms with van der Waals surface area (Å²) in [5.41, 5.74) is 0.885. The Morgan fingerprint density at radius 3 is 2.68 bits per heavy atom. The third-order valence-corrected chi connectivity index (χ3v) is 5.31. The quantitative estimate of drug-likeness (QED) is 0.539. The van der Waals surface area contributed by atoms with E-state index >= 15 is 0 Å². The van der Waals surface area contributed by atoms with Crippen molar-refractivity contribution in [2.45, 2.75) is 6.10 Å². The molecule has 0 amide bonds. The van der Waals surface area contributed by atoms with Crippen LogP contribution in [0.1, 0.15) is 17.5 Å². The largest absolute Gasteiger partial charge is 0.485 e. The van der Waals surface area contributed by atoms with Crippen molar-refractivity contribution in [1.82, 2.24) is 14.6 Å². The van der Waals surface area contributed by atoms with Crippen molar-refractivity contribution in [2.24, 2.45) is 0 Å². The Labute approximate surface area is 164 Å². The number of para-hydroxylation sites is 2. The zero-order valence-corrected chi connectivity index (χ0v) is 15.5. The maximum Gasteiger partial charge on any atom is 0.291 e. The normalized spacial score (nSPS) is 16.9. The van der Waals surface area contributed by atoms with Gasteiger partial charge in [0.25, 0.3) is 5.56 Å². The van der Waals surface area contributed by atoms with Gasteiger partial charge in [-0.2, -0.15) is 9.50 Å². The van der Waals surface area contributed by atoms with E-state index in [-0.39, 0.29) is 5.56 Å². The van der Waals surface area contributed by atoms with E-state index in [1.807, 2.05) is 66.7 Å². The van der Waals surface area contributed by atoms with Crippen molar-refractivity contribution in [1.29, 1.82) is 0 Å². The summed E-state index contributed by atoms with van der Waals surface area (Å²) in [6, 6.07) is 17.4. The molecule has 2 aromatic carbocycles. The van der Waals surface area contributed by atoms with Gasteiger partial charge in [0, 0.05) is 0 Å². The molecule has 0 saturated heterocycles. The van der Waals surface area contributed by atoms with Gasteiger partial charge in [-0.25, -0.2) is 0 Å². The van der Waals surface area contributed by atoms with Crippen LogP contribution in [-0.2, 0) is 0 Å². The van der Waals surface area contributed by atoms with E-state index in [2.05, 4.69) is 10.1 Å². The molecule has 0 aliphatic carbocycles. The lowest BCUT2D eigenvalue weighted by Crippen LogP contribution is -2.25. The molecule has 0 spiro atoms. The molecule has 3 heterocycles. The molecular weight excluding hydrogens is 374 g/mol. The van der Waals surface area contributed by atoms with E-state index < -0.39 is 6.10 Å². The molecule has 0 saturated carbocycles. The van der Waals surface area contributed by atoms with Crippen LogP contribution in [0.25, 0.3) is 17.1 Å². The highest BCUT2D eigenvalue weighted by Gasteiger charge is 2.26. The Bertz CT molecular complexity index is 1280. The fourth-order valence-electron chi connectivity index (χ4n) is 2.96. The molecule has 138 valence electrons. The monoisotopic (exact) mass is 389 g/mol. The number of hydrogen-bond acceptors (Lipinski definition) is 6. The number of hydrogen-bond donors (Lipinski definition) is 0. The molecule has 2 aromatic heterocycles. The first-order valence-electron chi connectivity index (χ1n) is 8.79. The lowest BCUT2D eigenvalue weighted by Gasteiger charge is -2.24. The Hall–Kier alpha value is -3.45. The van der Waals surface area contributed by atoms with Gasteiger partial charge in [0.2, 0.25) is 4.96 Å². The van der Waals surface area contributed by atoms with Gasteiger partial charge in [0.05, 0.1) is 4.53 Å². The van der Waals surface area contributed by atoms with Crippen molar-refractivity contribution in [3.63, 3.8) is 0 Å². The van der Waals surface area contributed by atoms with Crippen LogP contribution in [0.2, 0.25) is 0 Å². The second kappa shape index (κ2) is 6.94. The molecule has 1 unspecified atom stereocenters. The summed E-state index contributed by atoms with van der Waals surface area (Å²) in [5.74, 6) is 1.80. The molecule has 6 nitrogen and oxygen atoms in total. The number of rotatable bonds is 3. The number of allylic oxidation sites excluding steroid dienone is 1. The Morgan fingerprint density at radius 2 is 1.86 bits per heavy atom. The Kier molecular flexibility index (Phi) is 4.14. The molecule has 1 aliphatic heterocycles. The topological polar surface area (TPSA) is 65.7 Å². The highest BCUT2D eigenvalue weighted by atomic mass is 32.1. The van der Waals surface area contributed by atoms with Gasteiger partial charge in [0.15, 0.2) is 23.4 Å². The van der Waals surface area contributed by atoms with E-state index in [9.17, 15) is 4.79 Å². The highest BCUT2D eigenvalue weighted by molar-refractivity contribution is 7.15. The minimum absolute atomic E-state index is 0.186. The van der Waals surface area contributed by atoms with Crippen LogP contribution < -0.4 is 19.6 Å². The predicted molar refractivity (Wildman–Crippen MR) is 108 cm³/mol. The van der Waals surface area contributed by atoms with Crippen molar-refractivity contribution in [3.05, 3.63) is 86.9 Å². The average Bonchev–Trinajstić information content (AvgIpc) is 3.28. The smallest absolute Gasteiger partial charge is 0.291 e. The number of benzene rings is 2. The lowest BCUT2D eigenvalue weighted by atomic mass is 10.2. The number of aromatic nitrogens is 3. The maximum atomic E-state index is 12.6. The van der Waals surface area contributed by atoms with Gasteiger partial charge < -0.3 is 9.47 Å². The molecule has 0 radical (unpaired) electrons. The summed E-state index contributed by atoms with van der Waals surface area (Å²) >= 11 is 1.30. The van der Waals surface area contributed by atoms with E-state index in [1.165, 1.54) is 15.9 Å². The molecule has 0 fully saturated rings. The maximum absolute atomic E-state index is 12.6. The second-order valence-corrected chi connectivity index (χ2v) is 7.25. The zero-order valence-electron chi connectivity index (χ0n) is 14.7. The van der Waals surface area contributed by atoms with Crippen LogP contribution in [0.3, 0.4) is 0 Å². The van der Waals surface area contributed by atoms with Gasteiger partial charge in [-0.1, -0.05) is 66.0 Å². The summed E-state index contributed by atoms with van der Waals surface area (Å²) in [6.07, 6.45) is 5.15. The summed E-state index contributed by atoms with van der Waals surface area (Å²) in [7, 11) is 0. The first kappa shape index (κ1) is 16.7. The van der Waals surface area contributed by atoms with Crippen LogP contribution >= 0.6 is 11.3 Å². The van der Waals surface area contributed by atoms with Crippen LogP contribution in [0.15, 0.2) is 65.5 Å². The molecule has 4 aromatic rings. The molecular formula is C21H15N3O3S. The van der Waals surface area contributed by atoms with Crippen molar-refractivity contribution >= 4 is 28.4 Å². The van der Waals surface area contributed by atoms with Crippen LogP contribution in [0.5, 0.6) is 11.5 Å². The summed E-state index contributed by atoms with van der Waals surface area (Å²) in [6.45, 7) is 0.307. The molecule has 7 heteroatoms. The fraction of sp³-hybridized carbons (Fsp3) is 0.0952. The Morgan fingerprint density at radius 1 is 1.07 bits per heavy atom. The van der Waals surface area contributed by atoms with Gasteiger partial charge in [-0.15, -0.1) is 5.10 Å². The molecule has 0 N–H and O–H groups in total. The van der Waals surface area contributed by atoms with Crippen molar-refractivity contribution in [3.8, 4) is 11.5 Å². The summed E-state index contributed by atoms with van der Waals surface area (Å²) < 4.78 is 13.5. The van der Waals surface area contributed by atoms with E-state index in [0.717, 1.165) is 5.56 Å². The predicted octanol–water partition coefficient (Wildman–Crippen LogP) is 2.88. The second-order valence-electron chi connectivity index (χ2n) is 6.24. The SMILES string of the molecule is O=c1/c(=C/C=C/c2ccccc2)sc2nc(C3COc4ccccc4O3)nn12. The molecule has 1 atom stereocenters. The van der Waals surface area contributed by atoms with Gasteiger partial charge in [0.1, 0.15) is 6.61 Å². The Balaban J connectivity index is 1.42. The van der Waals surface area contributed by atoms with Gasteiger partial charge >= 0.3 is 0 Å². The standard InChI is InChI=1S/C21H15N3O3S/c25-20-18(12-6-9-14-7-2-1-3-8-14)28-21-22-19(23-24(20)21)17-13-26-15-10-4-5-11-16(15)27-17/h1-12,17H,13H2/b9-6+,18-12-. The van der Waals surface area contributed by atoms with Crippen LogP contribution in [0.4, 0.5) is 0 Å². The molecule has 0 bridgehead atoms. The van der Waals surface area contributed by atoms with E-state index in [1.54, 1.807) is 6.08 Å². The zero-order chi connectivity index (χ0) is 18.9. The number of thiazole rings is 1. The van der Waals surface area contributed by atoms with Gasteiger partial charge in [-0.05, 0) is 23.8 Å². The minimum atomic E-state index is -0.438. The average molecular weight is 389 g/mol. The van der Waals surface area contributed by atoms with Crippen molar-refractivity contribution < 1.29 is 9.47 Å². The third kappa shape index (κ3) is 3.05. The summed E-state index contributed by atoms with van der Waals surface area (Å²) in [4.78, 5) is 17.6. The minimum Gasteiger partial charge on any atom is -0.485 e. The highest BCUT2D eigenvalue weighted by Crippen LogP contribution is 2.35. The molecule has 1 aliphatic rings. The first-order valence-corrected chi connectivity index (χ1v) is 9.61. The first-order chi connectivity index (χ1) is 13.8. The lowest BCUT2D eigenvalue weighted by molar-refractivity contribution is 0.0852. The molecule has 5 rings (SSSR count).